The van der Waals surface area contributed by atoms with E-state index in [9.17, 15) is 14.4 Å². The van der Waals surface area contributed by atoms with Crippen molar-refractivity contribution in [3.8, 4) is 11.5 Å². The molecule has 148 valence electrons. The third-order valence-corrected chi connectivity index (χ3v) is 3.92. The summed E-state index contributed by atoms with van der Waals surface area (Å²) in [7, 11) is 4.14. The molecule has 28 heavy (non-hydrogen) atoms. The number of rotatable bonds is 7. The third kappa shape index (κ3) is 5.14. The van der Waals surface area contributed by atoms with Gasteiger partial charge in [0.15, 0.2) is 6.61 Å². The zero-order chi connectivity index (χ0) is 20.7. The molecule has 0 fully saturated rings. The number of anilines is 1. The lowest BCUT2D eigenvalue weighted by Crippen LogP contribution is -2.21. The lowest BCUT2D eigenvalue weighted by atomic mass is 10.1. The first kappa shape index (κ1) is 21.0. The predicted octanol–water partition coefficient (Wildman–Crippen LogP) is 2.94. The molecule has 0 aliphatic carbocycles. The van der Waals surface area contributed by atoms with Crippen LogP contribution in [-0.2, 0) is 14.3 Å². The number of halogens is 1. The number of carbonyl (C=O) groups excluding carboxylic acids is 3. The summed E-state index contributed by atoms with van der Waals surface area (Å²) in [6, 6.07) is 8.63. The minimum absolute atomic E-state index is 0.186. The van der Waals surface area contributed by atoms with Crippen molar-refractivity contribution < 1.29 is 33.3 Å². The van der Waals surface area contributed by atoms with E-state index < -0.39 is 24.5 Å². The van der Waals surface area contributed by atoms with Gasteiger partial charge in [0.25, 0.3) is 5.91 Å². The summed E-state index contributed by atoms with van der Waals surface area (Å²) in [4.78, 5) is 35.5. The van der Waals surface area contributed by atoms with Gasteiger partial charge in [0.2, 0.25) is 0 Å². The summed E-state index contributed by atoms with van der Waals surface area (Å²) in [6.07, 6.45) is 0. The van der Waals surface area contributed by atoms with Crippen molar-refractivity contribution in [2.45, 2.75) is 0 Å². The van der Waals surface area contributed by atoms with Gasteiger partial charge in [-0.3, -0.25) is 4.79 Å². The van der Waals surface area contributed by atoms with Gasteiger partial charge in [-0.05, 0) is 30.3 Å². The Morgan fingerprint density at radius 2 is 1.46 bits per heavy atom. The van der Waals surface area contributed by atoms with E-state index in [0.29, 0.717) is 22.7 Å². The van der Waals surface area contributed by atoms with E-state index in [1.165, 1.54) is 57.7 Å². The fourth-order valence-corrected chi connectivity index (χ4v) is 2.46. The van der Waals surface area contributed by atoms with Crippen LogP contribution < -0.4 is 14.8 Å². The number of nitrogens with one attached hydrogen (secondary N) is 1. The summed E-state index contributed by atoms with van der Waals surface area (Å²) < 4.78 is 19.8. The Kier molecular flexibility index (Phi) is 7.22. The summed E-state index contributed by atoms with van der Waals surface area (Å²) >= 11 is 6.04. The highest BCUT2D eigenvalue weighted by molar-refractivity contribution is 6.32. The van der Waals surface area contributed by atoms with Crippen LogP contribution in [0.15, 0.2) is 36.4 Å². The maximum absolute atomic E-state index is 12.1. The molecule has 0 unspecified atom stereocenters. The number of hydrogen-bond acceptors (Lipinski definition) is 7. The molecule has 1 N–H and O–H groups in total. The Morgan fingerprint density at radius 3 is 2.00 bits per heavy atom. The average molecular weight is 408 g/mol. The first-order valence-corrected chi connectivity index (χ1v) is 8.34. The van der Waals surface area contributed by atoms with Gasteiger partial charge in [0.1, 0.15) is 11.5 Å². The molecule has 0 spiro atoms. The molecule has 0 heterocycles. The van der Waals surface area contributed by atoms with Crippen molar-refractivity contribution in [3.05, 3.63) is 52.5 Å². The predicted molar refractivity (Wildman–Crippen MR) is 101 cm³/mol. The molecular formula is C19H18ClNO7. The lowest BCUT2D eigenvalue weighted by molar-refractivity contribution is -0.119. The maximum atomic E-state index is 12.1. The standard InChI is InChI=1S/C19H18ClNO7/c1-25-15-9-16(26-2)14(8-13(15)20)21-17(22)10-28-19(24)12-6-4-11(5-7-12)18(23)27-3/h4-9H,10H2,1-3H3,(H,21,22). The Hall–Kier alpha value is -3.26. The van der Waals surface area contributed by atoms with Crippen LogP contribution >= 0.6 is 11.6 Å². The van der Waals surface area contributed by atoms with Crippen molar-refractivity contribution in [1.82, 2.24) is 0 Å². The second-order valence-corrected chi connectivity index (χ2v) is 5.79. The summed E-state index contributed by atoms with van der Waals surface area (Å²) in [5.74, 6) is -1.10. The van der Waals surface area contributed by atoms with Crippen molar-refractivity contribution in [2.24, 2.45) is 0 Å². The van der Waals surface area contributed by atoms with E-state index in [0.717, 1.165) is 0 Å². The first-order valence-electron chi connectivity index (χ1n) is 7.96. The molecule has 1 amide bonds. The van der Waals surface area contributed by atoms with Gasteiger partial charge in [-0.2, -0.15) is 0 Å². The zero-order valence-corrected chi connectivity index (χ0v) is 16.2. The Labute approximate surface area is 166 Å². The zero-order valence-electron chi connectivity index (χ0n) is 15.4. The van der Waals surface area contributed by atoms with Gasteiger partial charge in [-0.25, -0.2) is 9.59 Å². The highest BCUT2D eigenvalue weighted by Crippen LogP contribution is 2.35. The molecule has 0 saturated heterocycles. The maximum Gasteiger partial charge on any atom is 0.338 e. The van der Waals surface area contributed by atoms with Gasteiger partial charge in [-0.1, -0.05) is 11.6 Å². The fraction of sp³-hybridized carbons (Fsp3) is 0.211. The monoisotopic (exact) mass is 407 g/mol. The lowest BCUT2D eigenvalue weighted by Gasteiger charge is -2.13. The molecule has 9 heteroatoms. The van der Waals surface area contributed by atoms with Gasteiger partial charge in [0.05, 0.1) is 43.2 Å². The number of benzene rings is 2. The summed E-state index contributed by atoms with van der Waals surface area (Å²) in [6.45, 7) is -0.523. The molecule has 0 aliphatic rings. The molecule has 8 nitrogen and oxygen atoms in total. The van der Waals surface area contributed by atoms with Gasteiger partial charge >= 0.3 is 11.9 Å². The van der Waals surface area contributed by atoms with Crippen LogP contribution in [0.4, 0.5) is 5.69 Å². The van der Waals surface area contributed by atoms with Crippen LogP contribution in [0.3, 0.4) is 0 Å². The van der Waals surface area contributed by atoms with E-state index in [2.05, 4.69) is 10.1 Å². The molecule has 0 saturated carbocycles. The third-order valence-electron chi connectivity index (χ3n) is 3.62. The minimum atomic E-state index is -0.716. The molecule has 0 aliphatic heterocycles. The van der Waals surface area contributed by atoms with Crippen LogP contribution in [0.25, 0.3) is 0 Å². The van der Waals surface area contributed by atoms with E-state index in [1.807, 2.05) is 0 Å². The number of hydrogen-bond donors (Lipinski definition) is 1. The second-order valence-electron chi connectivity index (χ2n) is 5.38. The number of carbonyl (C=O) groups is 3. The largest absolute Gasteiger partial charge is 0.495 e. The first-order chi connectivity index (χ1) is 13.4. The van der Waals surface area contributed by atoms with Gasteiger partial charge in [0, 0.05) is 6.07 Å². The van der Waals surface area contributed by atoms with E-state index in [4.69, 9.17) is 25.8 Å². The van der Waals surface area contributed by atoms with E-state index >= 15 is 0 Å². The SMILES string of the molecule is COC(=O)c1ccc(C(=O)OCC(=O)Nc2cc(Cl)c(OC)cc2OC)cc1. The van der Waals surface area contributed by atoms with Crippen molar-refractivity contribution in [1.29, 1.82) is 0 Å². The Bertz CT molecular complexity index is 881. The van der Waals surface area contributed by atoms with E-state index in [1.54, 1.807) is 0 Å². The van der Waals surface area contributed by atoms with Crippen molar-refractivity contribution in [3.63, 3.8) is 0 Å². The number of amides is 1. The van der Waals surface area contributed by atoms with Crippen molar-refractivity contribution in [2.75, 3.05) is 33.3 Å². The normalized spacial score (nSPS) is 10.0. The summed E-state index contributed by atoms with van der Waals surface area (Å²) in [5, 5.41) is 2.83. The van der Waals surface area contributed by atoms with Crippen LogP contribution in [0, 0.1) is 0 Å². The van der Waals surface area contributed by atoms with Crippen LogP contribution in [0.1, 0.15) is 20.7 Å². The molecule has 0 radical (unpaired) electrons. The van der Waals surface area contributed by atoms with E-state index in [-0.39, 0.29) is 10.6 Å². The van der Waals surface area contributed by atoms with Crippen molar-refractivity contribution >= 4 is 35.1 Å². The molecule has 2 aromatic rings. The van der Waals surface area contributed by atoms with Gasteiger partial charge < -0.3 is 24.3 Å². The Morgan fingerprint density at radius 1 is 0.893 bits per heavy atom. The minimum Gasteiger partial charge on any atom is -0.495 e. The molecule has 0 bridgehead atoms. The quantitative estimate of drug-likeness (QED) is 0.704. The number of ether oxygens (including phenoxy) is 4. The number of esters is 2. The second kappa shape index (κ2) is 9.61. The molecule has 0 aromatic heterocycles. The number of methoxy groups -OCH3 is 3. The molecule has 2 rings (SSSR count). The highest BCUT2D eigenvalue weighted by atomic mass is 35.5. The summed E-state index contributed by atoms with van der Waals surface area (Å²) in [5.41, 5.74) is 0.780. The topological polar surface area (TPSA) is 100 Å². The molecular weight excluding hydrogens is 390 g/mol. The van der Waals surface area contributed by atoms with Crippen LogP contribution in [-0.4, -0.2) is 45.8 Å². The highest BCUT2D eigenvalue weighted by Gasteiger charge is 2.15. The average Bonchev–Trinajstić information content (AvgIpc) is 2.71. The van der Waals surface area contributed by atoms with Crippen LogP contribution in [0.5, 0.6) is 11.5 Å². The smallest absolute Gasteiger partial charge is 0.338 e. The molecule has 0 atom stereocenters. The molecule has 2 aromatic carbocycles. The van der Waals surface area contributed by atoms with Gasteiger partial charge in [-0.15, -0.1) is 0 Å². The Balaban J connectivity index is 1.98. The van der Waals surface area contributed by atoms with Crippen LogP contribution in [0.2, 0.25) is 5.02 Å². The fourth-order valence-electron chi connectivity index (χ4n) is 2.22.